The van der Waals surface area contributed by atoms with Gasteiger partial charge in [0.15, 0.2) is 0 Å². The minimum atomic E-state index is 0.407. The second-order valence-corrected chi connectivity index (χ2v) is 11.3. The minimum absolute atomic E-state index is 0.407. The molecule has 1 atom stereocenters. The first kappa shape index (κ1) is 26.8. The topological polar surface area (TPSA) is 51.4 Å². The lowest BCUT2D eigenvalue weighted by Gasteiger charge is -2.36. The summed E-state index contributed by atoms with van der Waals surface area (Å²) in [7, 11) is 0. The van der Waals surface area contributed by atoms with Gasteiger partial charge in [-0.3, -0.25) is 4.90 Å². The van der Waals surface area contributed by atoms with Crippen molar-refractivity contribution >= 4 is 11.6 Å². The van der Waals surface area contributed by atoms with E-state index >= 15 is 0 Å². The van der Waals surface area contributed by atoms with Crippen LogP contribution in [-0.2, 0) is 0 Å². The Balaban J connectivity index is 1.08. The molecular weight excluding hydrogens is 490 g/mol. The van der Waals surface area contributed by atoms with Crippen LogP contribution in [-0.4, -0.2) is 42.2 Å². The highest BCUT2D eigenvalue weighted by atomic mass is 35.5. The molecule has 1 aliphatic carbocycles. The molecule has 2 heterocycles. The molecule has 5 rings (SSSR count). The molecule has 1 saturated carbocycles. The Kier molecular flexibility index (Phi) is 9.02. The van der Waals surface area contributed by atoms with E-state index in [2.05, 4.69) is 34.7 Å². The molecule has 1 aliphatic heterocycles. The van der Waals surface area contributed by atoms with Gasteiger partial charge >= 0.3 is 0 Å². The van der Waals surface area contributed by atoms with Crippen molar-refractivity contribution in [2.45, 2.75) is 51.5 Å². The van der Waals surface area contributed by atoms with Crippen molar-refractivity contribution in [1.82, 2.24) is 9.88 Å². The monoisotopic (exact) mass is 527 g/mol. The lowest BCUT2D eigenvalue weighted by Crippen LogP contribution is -2.44. The molecule has 4 nitrogen and oxygen atoms in total. The Hall–Kier alpha value is -2.84. The van der Waals surface area contributed by atoms with Crippen molar-refractivity contribution in [3.63, 3.8) is 0 Å². The van der Waals surface area contributed by atoms with Gasteiger partial charge in [-0.05, 0) is 111 Å². The molecule has 3 aromatic rings. The van der Waals surface area contributed by atoms with Gasteiger partial charge in [-0.2, -0.15) is 0 Å². The van der Waals surface area contributed by atoms with Gasteiger partial charge in [0.2, 0.25) is 0 Å². The molecule has 0 amide bonds. The number of hydrogen-bond donors (Lipinski definition) is 1. The first-order chi connectivity index (χ1) is 18.5. The number of nitrogens with two attached hydrogens (primary N) is 1. The number of aromatic nitrogens is 1. The molecular formula is C33H38ClN3O. The van der Waals surface area contributed by atoms with Gasteiger partial charge in [-0.15, -0.1) is 0 Å². The van der Waals surface area contributed by atoms with Crippen LogP contribution in [0.3, 0.4) is 0 Å². The van der Waals surface area contributed by atoms with Crippen LogP contribution in [0.1, 0.15) is 55.3 Å². The maximum atomic E-state index is 6.63. The van der Waals surface area contributed by atoms with E-state index in [1.165, 1.54) is 38.5 Å². The quantitative estimate of drug-likeness (QED) is 0.346. The fourth-order valence-electron chi connectivity index (χ4n) is 5.88. The summed E-state index contributed by atoms with van der Waals surface area (Å²) in [5, 5.41) is 0.728. The van der Waals surface area contributed by atoms with Crippen molar-refractivity contribution in [1.29, 1.82) is 0 Å². The average Bonchev–Trinajstić information content (AvgIpc) is 3.49. The Morgan fingerprint density at radius 1 is 0.947 bits per heavy atom. The molecule has 0 radical (unpaired) electrons. The van der Waals surface area contributed by atoms with E-state index in [9.17, 15) is 0 Å². The Morgan fingerprint density at radius 2 is 1.66 bits per heavy atom. The molecule has 2 aliphatic rings. The first-order valence-corrected chi connectivity index (χ1v) is 14.4. The van der Waals surface area contributed by atoms with E-state index in [0.29, 0.717) is 18.6 Å². The second-order valence-electron chi connectivity index (χ2n) is 10.8. The fourth-order valence-corrected chi connectivity index (χ4v) is 6.01. The highest BCUT2D eigenvalue weighted by Gasteiger charge is 2.31. The van der Waals surface area contributed by atoms with E-state index in [-0.39, 0.29) is 0 Å². The van der Waals surface area contributed by atoms with Crippen molar-refractivity contribution in [3.8, 4) is 28.7 Å². The fraction of sp³-hybridized carbons (Fsp3) is 0.424. The highest BCUT2D eigenvalue weighted by molar-refractivity contribution is 6.30. The first-order valence-electron chi connectivity index (χ1n) is 14.0. The van der Waals surface area contributed by atoms with Gasteiger partial charge in [-0.25, -0.2) is 4.98 Å². The van der Waals surface area contributed by atoms with Crippen molar-refractivity contribution in [2.75, 3.05) is 26.2 Å². The van der Waals surface area contributed by atoms with Crippen LogP contribution in [0.2, 0.25) is 5.02 Å². The van der Waals surface area contributed by atoms with Gasteiger partial charge < -0.3 is 10.5 Å². The number of hydrogen-bond acceptors (Lipinski definition) is 4. The molecule has 1 unspecified atom stereocenters. The standard InChI is InChI=1S/C33H38ClN3O/c1-24-22-25(6-13-31-14-10-29(23-36-31)26-8-11-30(34)12-9-26)7-15-32(24)38-21-20-37-18-16-28(17-19-37)33(35)27-4-2-3-5-27/h7-12,14-15,22-23,27-28,33H,2-5,16-21,35H2,1H3. The number of piperidine rings is 1. The number of pyridine rings is 1. The summed E-state index contributed by atoms with van der Waals surface area (Å²) in [6.45, 7) is 6.02. The van der Waals surface area contributed by atoms with Crippen LogP contribution in [0.5, 0.6) is 5.75 Å². The smallest absolute Gasteiger partial charge is 0.122 e. The average molecular weight is 528 g/mol. The summed E-state index contributed by atoms with van der Waals surface area (Å²) in [4.78, 5) is 7.03. The van der Waals surface area contributed by atoms with Gasteiger partial charge in [-0.1, -0.05) is 48.6 Å². The molecule has 5 heteroatoms. The summed E-state index contributed by atoms with van der Waals surface area (Å²) in [5.41, 5.74) is 11.6. The van der Waals surface area contributed by atoms with Gasteiger partial charge in [0.1, 0.15) is 18.1 Å². The van der Waals surface area contributed by atoms with Crippen LogP contribution >= 0.6 is 11.6 Å². The van der Waals surface area contributed by atoms with Crippen LogP contribution in [0, 0.1) is 30.6 Å². The number of ether oxygens (including phenoxy) is 1. The summed E-state index contributed by atoms with van der Waals surface area (Å²) in [6, 6.07) is 18.3. The number of benzene rings is 2. The molecule has 2 N–H and O–H groups in total. The normalized spacial score (nSPS) is 17.7. The maximum absolute atomic E-state index is 6.63. The van der Waals surface area contributed by atoms with Gasteiger partial charge in [0.25, 0.3) is 0 Å². The molecule has 1 aromatic heterocycles. The third-order valence-corrected chi connectivity index (χ3v) is 8.49. The van der Waals surface area contributed by atoms with Gasteiger partial charge in [0.05, 0.1) is 0 Å². The molecule has 198 valence electrons. The lowest BCUT2D eigenvalue weighted by molar-refractivity contribution is 0.132. The molecule has 0 bridgehead atoms. The summed E-state index contributed by atoms with van der Waals surface area (Å²) < 4.78 is 6.14. The summed E-state index contributed by atoms with van der Waals surface area (Å²) in [6.07, 6.45) is 9.73. The maximum Gasteiger partial charge on any atom is 0.122 e. The van der Waals surface area contributed by atoms with E-state index < -0.39 is 0 Å². The molecule has 38 heavy (non-hydrogen) atoms. The van der Waals surface area contributed by atoms with Crippen molar-refractivity contribution in [2.24, 2.45) is 17.6 Å². The van der Waals surface area contributed by atoms with E-state index in [1.807, 2.05) is 54.7 Å². The van der Waals surface area contributed by atoms with Crippen molar-refractivity contribution < 1.29 is 4.74 Å². The number of aryl methyl sites for hydroxylation is 1. The predicted octanol–water partition coefficient (Wildman–Crippen LogP) is 6.72. The Morgan fingerprint density at radius 3 is 2.34 bits per heavy atom. The predicted molar refractivity (Wildman–Crippen MR) is 156 cm³/mol. The van der Waals surface area contributed by atoms with Crippen molar-refractivity contribution in [3.05, 3.63) is 82.6 Å². The third-order valence-electron chi connectivity index (χ3n) is 8.24. The SMILES string of the molecule is Cc1cc(C#Cc2ccc(-c3ccc(Cl)cc3)cn2)ccc1OCCN1CCC(C(N)C2CCCC2)CC1. The van der Waals surface area contributed by atoms with E-state index in [4.69, 9.17) is 22.1 Å². The summed E-state index contributed by atoms with van der Waals surface area (Å²) >= 11 is 5.98. The molecule has 0 spiro atoms. The van der Waals surface area contributed by atoms with E-state index in [1.54, 1.807) is 0 Å². The lowest BCUT2D eigenvalue weighted by atomic mass is 9.82. The molecule has 1 saturated heterocycles. The van der Waals surface area contributed by atoms with Crippen LogP contribution in [0.25, 0.3) is 11.1 Å². The minimum Gasteiger partial charge on any atom is -0.492 e. The Bertz CT molecular complexity index is 1250. The zero-order valence-corrected chi connectivity index (χ0v) is 23.1. The third kappa shape index (κ3) is 6.97. The van der Waals surface area contributed by atoms with Gasteiger partial charge in [0, 0.05) is 34.9 Å². The Labute approximate surface area is 232 Å². The number of likely N-dealkylation sites (tertiary alicyclic amines) is 1. The van der Waals surface area contributed by atoms with Crippen LogP contribution in [0.4, 0.5) is 0 Å². The summed E-state index contributed by atoms with van der Waals surface area (Å²) in [5.74, 6) is 8.80. The zero-order chi connectivity index (χ0) is 26.3. The second kappa shape index (κ2) is 12.8. The number of rotatable bonds is 7. The number of halogens is 1. The number of nitrogens with zero attached hydrogens (tertiary/aromatic N) is 2. The van der Waals surface area contributed by atoms with Crippen LogP contribution < -0.4 is 10.5 Å². The molecule has 2 aromatic carbocycles. The van der Waals surface area contributed by atoms with Crippen LogP contribution in [0.15, 0.2) is 60.8 Å². The van der Waals surface area contributed by atoms with E-state index in [0.717, 1.165) is 64.3 Å². The molecule has 2 fully saturated rings. The largest absolute Gasteiger partial charge is 0.492 e. The zero-order valence-electron chi connectivity index (χ0n) is 22.3. The highest BCUT2D eigenvalue weighted by Crippen LogP contribution is 2.33.